The molecular formula is C12H10BrN3O. The summed E-state index contributed by atoms with van der Waals surface area (Å²) in [5.74, 6) is 0.131. The Balaban J connectivity index is 1.94. The molecule has 0 fully saturated rings. The van der Waals surface area contributed by atoms with Crippen molar-refractivity contribution in [1.29, 1.82) is 0 Å². The zero-order valence-electron chi connectivity index (χ0n) is 9.01. The number of carbonyl (C=O) groups excluding carboxylic acids is 1. The van der Waals surface area contributed by atoms with Gasteiger partial charge in [-0.15, -0.1) is 0 Å². The van der Waals surface area contributed by atoms with Crippen molar-refractivity contribution in [3.05, 3.63) is 47.0 Å². The highest BCUT2D eigenvalue weighted by atomic mass is 79.9. The van der Waals surface area contributed by atoms with E-state index in [1.165, 1.54) is 0 Å². The van der Waals surface area contributed by atoms with Gasteiger partial charge in [-0.05, 0) is 23.8 Å². The van der Waals surface area contributed by atoms with Crippen LogP contribution < -0.4 is 4.90 Å². The average Bonchev–Trinajstić information content (AvgIpc) is 2.88. The van der Waals surface area contributed by atoms with Gasteiger partial charge in [-0.1, -0.05) is 15.9 Å². The fourth-order valence-electron chi connectivity index (χ4n) is 2.04. The summed E-state index contributed by atoms with van der Waals surface area (Å²) in [7, 11) is 0. The number of rotatable bonds is 2. The van der Waals surface area contributed by atoms with Crippen molar-refractivity contribution in [3.8, 4) is 0 Å². The van der Waals surface area contributed by atoms with Gasteiger partial charge < -0.3 is 4.57 Å². The standard InChI is InChI=1S/C12H10BrN3O/c13-10-1-2-11-9(5-10)6-12(17)16(11)8-15-4-3-14-7-15/h1-5,7H,6,8H2. The summed E-state index contributed by atoms with van der Waals surface area (Å²) in [6.07, 6.45) is 5.75. The molecule has 1 aliphatic heterocycles. The highest BCUT2D eigenvalue weighted by molar-refractivity contribution is 9.10. The predicted octanol–water partition coefficient (Wildman–Crippen LogP) is 2.19. The summed E-state index contributed by atoms with van der Waals surface area (Å²) in [5.41, 5.74) is 2.07. The van der Waals surface area contributed by atoms with Gasteiger partial charge in [0.2, 0.25) is 5.91 Å². The van der Waals surface area contributed by atoms with Crippen LogP contribution in [0.25, 0.3) is 0 Å². The minimum atomic E-state index is 0.131. The molecule has 1 aromatic heterocycles. The summed E-state index contributed by atoms with van der Waals surface area (Å²) >= 11 is 3.42. The molecule has 0 N–H and O–H groups in total. The monoisotopic (exact) mass is 291 g/mol. The van der Waals surface area contributed by atoms with Crippen LogP contribution in [0.1, 0.15) is 5.56 Å². The van der Waals surface area contributed by atoms with Gasteiger partial charge >= 0.3 is 0 Å². The third kappa shape index (κ3) is 1.86. The van der Waals surface area contributed by atoms with Crippen molar-refractivity contribution in [3.63, 3.8) is 0 Å². The number of nitrogens with zero attached hydrogens (tertiary/aromatic N) is 3. The number of carbonyl (C=O) groups is 1. The molecule has 0 saturated heterocycles. The molecular weight excluding hydrogens is 282 g/mol. The van der Waals surface area contributed by atoms with E-state index in [9.17, 15) is 4.79 Å². The number of aromatic nitrogens is 2. The lowest BCUT2D eigenvalue weighted by molar-refractivity contribution is -0.117. The number of amides is 1. The van der Waals surface area contributed by atoms with E-state index in [0.29, 0.717) is 13.1 Å². The molecule has 4 nitrogen and oxygen atoms in total. The Bertz CT molecular complexity index is 565. The molecule has 17 heavy (non-hydrogen) atoms. The zero-order valence-corrected chi connectivity index (χ0v) is 10.6. The average molecular weight is 292 g/mol. The van der Waals surface area contributed by atoms with E-state index in [0.717, 1.165) is 15.7 Å². The van der Waals surface area contributed by atoms with E-state index in [1.54, 1.807) is 17.4 Å². The minimum Gasteiger partial charge on any atom is -0.319 e. The Hall–Kier alpha value is -1.62. The largest absolute Gasteiger partial charge is 0.319 e. The molecule has 1 aliphatic rings. The van der Waals surface area contributed by atoms with Crippen molar-refractivity contribution in [1.82, 2.24) is 9.55 Å². The first-order chi connectivity index (χ1) is 8.24. The predicted molar refractivity (Wildman–Crippen MR) is 67.6 cm³/mol. The first-order valence-electron chi connectivity index (χ1n) is 5.28. The van der Waals surface area contributed by atoms with Crippen molar-refractivity contribution < 1.29 is 4.79 Å². The highest BCUT2D eigenvalue weighted by Gasteiger charge is 2.27. The normalized spacial score (nSPS) is 14.2. The summed E-state index contributed by atoms with van der Waals surface area (Å²) in [5, 5.41) is 0. The second kappa shape index (κ2) is 4.00. The van der Waals surface area contributed by atoms with Crippen LogP contribution in [0.2, 0.25) is 0 Å². The molecule has 5 heteroatoms. The minimum absolute atomic E-state index is 0.131. The first kappa shape index (κ1) is 10.5. The molecule has 1 aromatic carbocycles. The molecule has 1 amide bonds. The van der Waals surface area contributed by atoms with Crippen molar-refractivity contribution >= 4 is 27.5 Å². The highest BCUT2D eigenvalue weighted by Crippen LogP contribution is 2.31. The maximum absolute atomic E-state index is 11.9. The molecule has 0 saturated carbocycles. The van der Waals surface area contributed by atoms with Crippen LogP contribution in [-0.4, -0.2) is 15.5 Å². The van der Waals surface area contributed by atoms with E-state index < -0.39 is 0 Å². The second-order valence-corrected chi connectivity index (χ2v) is 4.91. The smallest absolute Gasteiger partial charge is 0.232 e. The van der Waals surface area contributed by atoms with Gasteiger partial charge in [0.05, 0.1) is 12.7 Å². The van der Waals surface area contributed by atoms with E-state index >= 15 is 0 Å². The molecule has 0 atom stereocenters. The van der Waals surface area contributed by atoms with Crippen LogP contribution in [-0.2, 0) is 17.9 Å². The molecule has 3 rings (SSSR count). The maximum atomic E-state index is 11.9. The molecule has 0 radical (unpaired) electrons. The summed E-state index contributed by atoms with van der Waals surface area (Å²) in [4.78, 5) is 17.7. The molecule has 86 valence electrons. The molecule has 0 unspecified atom stereocenters. The molecule has 0 spiro atoms. The van der Waals surface area contributed by atoms with E-state index in [4.69, 9.17) is 0 Å². The Morgan fingerprint density at radius 1 is 1.41 bits per heavy atom. The number of hydrogen-bond donors (Lipinski definition) is 0. The Morgan fingerprint density at radius 3 is 3.06 bits per heavy atom. The molecule has 2 heterocycles. The summed E-state index contributed by atoms with van der Waals surface area (Å²) in [6.45, 7) is 0.521. The number of fused-ring (bicyclic) bond motifs is 1. The quantitative estimate of drug-likeness (QED) is 0.851. The third-order valence-corrected chi connectivity index (χ3v) is 3.33. The molecule has 2 aromatic rings. The van der Waals surface area contributed by atoms with Gasteiger partial charge in [0, 0.05) is 22.6 Å². The van der Waals surface area contributed by atoms with Crippen LogP contribution in [0.4, 0.5) is 5.69 Å². The van der Waals surface area contributed by atoms with Gasteiger partial charge in [0.15, 0.2) is 0 Å². The van der Waals surface area contributed by atoms with Crippen molar-refractivity contribution in [2.45, 2.75) is 13.1 Å². The lowest BCUT2D eigenvalue weighted by atomic mass is 10.2. The van der Waals surface area contributed by atoms with Crippen LogP contribution in [0.5, 0.6) is 0 Å². The third-order valence-electron chi connectivity index (χ3n) is 2.84. The fraction of sp³-hybridized carbons (Fsp3) is 0.167. The van der Waals surface area contributed by atoms with E-state index in [-0.39, 0.29) is 5.91 Å². The van der Waals surface area contributed by atoms with Crippen molar-refractivity contribution in [2.24, 2.45) is 0 Å². The van der Waals surface area contributed by atoms with Crippen LogP contribution in [0.15, 0.2) is 41.4 Å². The van der Waals surface area contributed by atoms with Crippen molar-refractivity contribution in [2.75, 3.05) is 4.90 Å². The van der Waals surface area contributed by atoms with Gasteiger partial charge in [0.25, 0.3) is 0 Å². The van der Waals surface area contributed by atoms with Gasteiger partial charge in [0.1, 0.15) is 6.67 Å². The Labute approximate surface area is 107 Å². The Kier molecular flexibility index (Phi) is 2.48. The Morgan fingerprint density at radius 2 is 2.29 bits per heavy atom. The maximum Gasteiger partial charge on any atom is 0.232 e. The SMILES string of the molecule is O=C1Cc2cc(Br)ccc2N1Cn1ccnc1. The number of halogens is 1. The molecule has 0 bridgehead atoms. The van der Waals surface area contributed by atoms with E-state index in [2.05, 4.69) is 20.9 Å². The summed E-state index contributed by atoms with van der Waals surface area (Å²) < 4.78 is 2.89. The fourth-order valence-corrected chi connectivity index (χ4v) is 2.45. The van der Waals surface area contributed by atoms with Crippen LogP contribution >= 0.6 is 15.9 Å². The van der Waals surface area contributed by atoms with Crippen LogP contribution in [0, 0.1) is 0 Å². The first-order valence-corrected chi connectivity index (χ1v) is 6.08. The molecule has 0 aliphatic carbocycles. The number of hydrogen-bond acceptors (Lipinski definition) is 2. The van der Waals surface area contributed by atoms with Gasteiger partial charge in [-0.3, -0.25) is 9.69 Å². The van der Waals surface area contributed by atoms with Gasteiger partial charge in [-0.25, -0.2) is 4.98 Å². The number of anilines is 1. The van der Waals surface area contributed by atoms with Gasteiger partial charge in [-0.2, -0.15) is 0 Å². The zero-order chi connectivity index (χ0) is 11.8. The number of benzene rings is 1. The topological polar surface area (TPSA) is 38.1 Å². The lowest BCUT2D eigenvalue weighted by Gasteiger charge is -2.17. The lowest BCUT2D eigenvalue weighted by Crippen LogP contribution is -2.28. The summed E-state index contributed by atoms with van der Waals surface area (Å²) in [6, 6.07) is 5.93. The van der Waals surface area contributed by atoms with Crippen LogP contribution in [0.3, 0.4) is 0 Å². The number of imidazole rings is 1. The second-order valence-electron chi connectivity index (χ2n) is 3.99. The van der Waals surface area contributed by atoms with E-state index in [1.807, 2.05) is 29.0 Å².